The minimum absolute atomic E-state index is 0.00168. The highest BCUT2D eigenvalue weighted by molar-refractivity contribution is 5.96. The van der Waals surface area contributed by atoms with E-state index in [0.717, 1.165) is 28.0 Å². The molecule has 6 nitrogen and oxygen atoms in total. The van der Waals surface area contributed by atoms with Crippen LogP contribution in [0.1, 0.15) is 33.7 Å². The van der Waals surface area contributed by atoms with E-state index in [1.165, 1.54) is 0 Å². The van der Waals surface area contributed by atoms with Gasteiger partial charge in [-0.1, -0.05) is 12.1 Å². The number of fused-ring (bicyclic) bond motifs is 2. The molecule has 0 fully saturated rings. The van der Waals surface area contributed by atoms with E-state index in [1.54, 1.807) is 18.2 Å². The van der Waals surface area contributed by atoms with Gasteiger partial charge in [0.25, 0.3) is 0 Å². The number of hydrogen-bond acceptors (Lipinski definition) is 5. The largest absolute Gasteiger partial charge is 0.456 e. The highest BCUT2D eigenvalue weighted by Crippen LogP contribution is 2.24. The van der Waals surface area contributed by atoms with Gasteiger partial charge in [-0.15, -0.1) is 0 Å². The molecular formula is C20H17N3O3. The standard InChI is InChI=1S/C20H17N3O3/c1-12-18(22-17-5-3-2-4-16(17)21-12)11-26-20(25)14-6-8-15-13(10-14)7-9-19(24)23-15/h2-6,8,10H,7,9,11H2,1H3,(H,23,24). The maximum absolute atomic E-state index is 12.4. The molecule has 0 saturated heterocycles. The average molecular weight is 347 g/mol. The van der Waals surface area contributed by atoms with Gasteiger partial charge in [-0.25, -0.2) is 14.8 Å². The van der Waals surface area contributed by atoms with Gasteiger partial charge < -0.3 is 10.1 Å². The molecule has 0 spiro atoms. The van der Waals surface area contributed by atoms with Gasteiger partial charge in [0.05, 0.1) is 28.0 Å². The summed E-state index contributed by atoms with van der Waals surface area (Å²) in [6, 6.07) is 12.8. The predicted molar refractivity (Wildman–Crippen MR) is 96.8 cm³/mol. The molecule has 0 saturated carbocycles. The minimum atomic E-state index is -0.418. The van der Waals surface area contributed by atoms with E-state index in [0.29, 0.717) is 24.1 Å². The SMILES string of the molecule is Cc1nc2ccccc2nc1COC(=O)c1ccc2c(c1)CCC(=O)N2. The first-order chi connectivity index (χ1) is 12.6. The zero-order chi connectivity index (χ0) is 18.1. The summed E-state index contributed by atoms with van der Waals surface area (Å²) in [6.45, 7) is 1.92. The molecule has 3 aromatic rings. The fourth-order valence-corrected chi connectivity index (χ4v) is 2.99. The molecule has 6 heteroatoms. The van der Waals surface area contributed by atoms with Crippen molar-refractivity contribution in [2.45, 2.75) is 26.4 Å². The lowest BCUT2D eigenvalue weighted by molar-refractivity contribution is -0.116. The fraction of sp³-hybridized carbons (Fsp3) is 0.200. The van der Waals surface area contributed by atoms with E-state index >= 15 is 0 Å². The van der Waals surface area contributed by atoms with Crippen molar-refractivity contribution in [2.75, 3.05) is 5.32 Å². The van der Waals surface area contributed by atoms with Gasteiger partial charge >= 0.3 is 5.97 Å². The fourth-order valence-electron chi connectivity index (χ4n) is 2.99. The molecule has 1 N–H and O–H groups in total. The van der Waals surface area contributed by atoms with Gasteiger partial charge in [0.2, 0.25) is 5.91 Å². The van der Waals surface area contributed by atoms with Crippen LogP contribution in [-0.4, -0.2) is 21.8 Å². The second-order valence-electron chi connectivity index (χ2n) is 6.24. The number of esters is 1. The van der Waals surface area contributed by atoms with Crippen LogP contribution in [0.4, 0.5) is 5.69 Å². The van der Waals surface area contributed by atoms with Crippen molar-refractivity contribution in [1.82, 2.24) is 9.97 Å². The zero-order valence-corrected chi connectivity index (χ0v) is 14.3. The van der Waals surface area contributed by atoms with Gasteiger partial charge in [-0.05, 0) is 49.2 Å². The number of carbonyl (C=O) groups is 2. The van der Waals surface area contributed by atoms with Crippen molar-refractivity contribution < 1.29 is 14.3 Å². The number of nitrogens with one attached hydrogen (secondary N) is 1. The van der Waals surface area contributed by atoms with Crippen LogP contribution >= 0.6 is 0 Å². The summed E-state index contributed by atoms with van der Waals surface area (Å²) in [4.78, 5) is 32.8. The van der Waals surface area contributed by atoms with Crippen molar-refractivity contribution >= 4 is 28.6 Å². The normalized spacial score (nSPS) is 13.2. The monoisotopic (exact) mass is 347 g/mol. The Bertz CT molecular complexity index is 1030. The summed E-state index contributed by atoms with van der Waals surface area (Å²) in [5, 5.41) is 2.80. The summed E-state index contributed by atoms with van der Waals surface area (Å²) in [5.74, 6) is -0.419. The first-order valence-electron chi connectivity index (χ1n) is 8.42. The summed E-state index contributed by atoms with van der Waals surface area (Å²) < 4.78 is 5.43. The Balaban J connectivity index is 1.51. The molecule has 0 radical (unpaired) electrons. The van der Waals surface area contributed by atoms with Gasteiger partial charge in [0, 0.05) is 12.1 Å². The van der Waals surface area contributed by atoms with E-state index in [1.807, 2.05) is 31.2 Å². The number of anilines is 1. The van der Waals surface area contributed by atoms with E-state index < -0.39 is 5.97 Å². The van der Waals surface area contributed by atoms with Gasteiger partial charge in [-0.3, -0.25) is 4.79 Å². The number of rotatable bonds is 3. The second-order valence-corrected chi connectivity index (χ2v) is 6.24. The van der Waals surface area contributed by atoms with Crippen LogP contribution in [0.3, 0.4) is 0 Å². The first kappa shape index (κ1) is 16.2. The average Bonchev–Trinajstić information content (AvgIpc) is 2.65. The number of nitrogens with zero attached hydrogens (tertiary/aromatic N) is 2. The number of carbonyl (C=O) groups excluding carboxylic acids is 2. The number of aryl methyl sites for hydroxylation is 2. The maximum Gasteiger partial charge on any atom is 0.338 e. The minimum Gasteiger partial charge on any atom is -0.456 e. The van der Waals surface area contributed by atoms with Crippen LogP contribution in [0.25, 0.3) is 11.0 Å². The molecule has 0 aliphatic carbocycles. The summed E-state index contributed by atoms with van der Waals surface area (Å²) in [6.07, 6.45) is 1.05. The van der Waals surface area contributed by atoms with Crippen LogP contribution in [0.2, 0.25) is 0 Å². The molecular weight excluding hydrogens is 330 g/mol. The lowest BCUT2D eigenvalue weighted by Gasteiger charge is -2.17. The van der Waals surface area contributed by atoms with Crippen molar-refractivity contribution in [2.24, 2.45) is 0 Å². The molecule has 2 aromatic carbocycles. The number of aromatic nitrogens is 2. The smallest absolute Gasteiger partial charge is 0.338 e. The molecule has 26 heavy (non-hydrogen) atoms. The van der Waals surface area contributed by atoms with Gasteiger partial charge in [0.15, 0.2) is 0 Å². The maximum atomic E-state index is 12.4. The Labute approximate surface area is 150 Å². The zero-order valence-electron chi connectivity index (χ0n) is 14.3. The summed E-state index contributed by atoms with van der Waals surface area (Å²) in [7, 11) is 0. The van der Waals surface area contributed by atoms with Crippen molar-refractivity contribution in [3.8, 4) is 0 Å². The number of amides is 1. The molecule has 1 aliphatic rings. The van der Waals surface area contributed by atoms with E-state index in [2.05, 4.69) is 15.3 Å². The Kier molecular flexibility index (Phi) is 4.08. The molecule has 1 aliphatic heterocycles. The van der Waals surface area contributed by atoms with Crippen molar-refractivity contribution in [3.05, 3.63) is 65.0 Å². The third-order valence-electron chi connectivity index (χ3n) is 4.42. The second kappa shape index (κ2) is 6.55. The molecule has 0 atom stereocenters. The van der Waals surface area contributed by atoms with E-state index in [-0.39, 0.29) is 12.5 Å². The third kappa shape index (κ3) is 3.13. The van der Waals surface area contributed by atoms with E-state index in [4.69, 9.17) is 4.74 Å². The van der Waals surface area contributed by atoms with Crippen molar-refractivity contribution in [3.63, 3.8) is 0 Å². The predicted octanol–water partition coefficient (Wildman–Crippen LogP) is 3.18. The topological polar surface area (TPSA) is 81.2 Å². The summed E-state index contributed by atoms with van der Waals surface area (Å²) >= 11 is 0. The van der Waals surface area contributed by atoms with Crippen LogP contribution in [0, 0.1) is 6.92 Å². The number of ether oxygens (including phenoxy) is 1. The Morgan fingerprint density at radius 2 is 1.88 bits per heavy atom. The van der Waals surface area contributed by atoms with Crippen LogP contribution in [-0.2, 0) is 22.6 Å². The van der Waals surface area contributed by atoms with Crippen LogP contribution in [0.5, 0.6) is 0 Å². The Hall–Kier alpha value is -3.28. The first-order valence-corrected chi connectivity index (χ1v) is 8.42. The van der Waals surface area contributed by atoms with Crippen molar-refractivity contribution in [1.29, 1.82) is 0 Å². The summed E-state index contributed by atoms with van der Waals surface area (Å²) in [5.41, 5.74) is 5.14. The molecule has 4 rings (SSSR count). The van der Waals surface area contributed by atoms with Gasteiger partial charge in [-0.2, -0.15) is 0 Å². The lowest BCUT2D eigenvalue weighted by Crippen LogP contribution is -2.19. The Morgan fingerprint density at radius 3 is 2.69 bits per heavy atom. The van der Waals surface area contributed by atoms with Crippen LogP contribution < -0.4 is 5.32 Å². The quantitative estimate of drug-likeness (QED) is 0.736. The molecule has 1 amide bonds. The Morgan fingerprint density at radius 1 is 1.12 bits per heavy atom. The van der Waals surface area contributed by atoms with Crippen LogP contribution in [0.15, 0.2) is 42.5 Å². The molecule has 1 aromatic heterocycles. The van der Waals surface area contributed by atoms with Gasteiger partial charge in [0.1, 0.15) is 6.61 Å². The highest BCUT2D eigenvalue weighted by atomic mass is 16.5. The number of para-hydroxylation sites is 2. The number of benzene rings is 2. The third-order valence-corrected chi connectivity index (χ3v) is 4.42. The lowest BCUT2D eigenvalue weighted by atomic mass is 10.0. The molecule has 0 bridgehead atoms. The molecule has 0 unspecified atom stereocenters. The molecule has 2 heterocycles. The highest BCUT2D eigenvalue weighted by Gasteiger charge is 2.17. The van der Waals surface area contributed by atoms with E-state index in [9.17, 15) is 9.59 Å². The number of hydrogen-bond donors (Lipinski definition) is 1. The molecule has 130 valence electrons.